The maximum atomic E-state index is 12.9. The van der Waals surface area contributed by atoms with Crippen molar-refractivity contribution >= 4 is 0 Å². The Morgan fingerprint density at radius 3 is 2.43 bits per heavy atom. The van der Waals surface area contributed by atoms with Crippen LogP contribution in [0.1, 0.15) is 17.9 Å². The van der Waals surface area contributed by atoms with Crippen LogP contribution in [-0.2, 0) is 0 Å². The van der Waals surface area contributed by atoms with Gasteiger partial charge < -0.3 is 10.5 Å². The van der Waals surface area contributed by atoms with E-state index in [9.17, 15) is 8.78 Å². The van der Waals surface area contributed by atoms with E-state index in [1.807, 2.05) is 0 Å². The SMILES string of the molecule is COc1cc(F)c(F)cc1C1CC1N. The van der Waals surface area contributed by atoms with Crippen LogP contribution in [0.15, 0.2) is 12.1 Å². The zero-order valence-corrected chi connectivity index (χ0v) is 7.76. The lowest BCUT2D eigenvalue weighted by Gasteiger charge is -2.08. The molecule has 14 heavy (non-hydrogen) atoms. The maximum absolute atomic E-state index is 12.9. The number of hydrogen-bond acceptors (Lipinski definition) is 2. The van der Waals surface area contributed by atoms with Gasteiger partial charge in [-0.15, -0.1) is 0 Å². The molecule has 2 unspecified atom stereocenters. The smallest absolute Gasteiger partial charge is 0.162 e. The Morgan fingerprint density at radius 2 is 1.93 bits per heavy atom. The summed E-state index contributed by atoms with van der Waals surface area (Å²) in [6, 6.07) is 2.29. The van der Waals surface area contributed by atoms with Crippen molar-refractivity contribution in [2.75, 3.05) is 7.11 Å². The molecule has 0 aliphatic heterocycles. The van der Waals surface area contributed by atoms with E-state index >= 15 is 0 Å². The van der Waals surface area contributed by atoms with Crippen LogP contribution in [0.3, 0.4) is 0 Å². The highest BCUT2D eigenvalue weighted by Gasteiger charge is 2.37. The maximum Gasteiger partial charge on any atom is 0.162 e. The number of benzene rings is 1. The Balaban J connectivity index is 2.42. The lowest BCUT2D eigenvalue weighted by atomic mass is 10.1. The molecule has 4 heteroatoms. The second-order valence-corrected chi connectivity index (χ2v) is 3.51. The molecule has 1 aliphatic rings. The topological polar surface area (TPSA) is 35.2 Å². The molecule has 0 saturated heterocycles. The first kappa shape index (κ1) is 9.40. The molecule has 1 aromatic carbocycles. The Hall–Kier alpha value is -1.16. The van der Waals surface area contributed by atoms with Crippen LogP contribution in [0.25, 0.3) is 0 Å². The number of rotatable bonds is 2. The number of nitrogens with two attached hydrogens (primary N) is 1. The van der Waals surface area contributed by atoms with E-state index in [2.05, 4.69) is 0 Å². The molecule has 0 bridgehead atoms. The quantitative estimate of drug-likeness (QED) is 0.788. The monoisotopic (exact) mass is 199 g/mol. The molecule has 0 amide bonds. The highest BCUT2D eigenvalue weighted by atomic mass is 19.2. The van der Waals surface area contributed by atoms with Gasteiger partial charge in [-0.25, -0.2) is 8.78 Å². The molecule has 1 fully saturated rings. The van der Waals surface area contributed by atoms with Gasteiger partial charge in [0.25, 0.3) is 0 Å². The molecular formula is C10H11F2NO. The van der Waals surface area contributed by atoms with Gasteiger partial charge in [-0.05, 0) is 12.5 Å². The van der Waals surface area contributed by atoms with Crippen molar-refractivity contribution in [2.24, 2.45) is 5.73 Å². The first-order chi connectivity index (χ1) is 6.63. The molecular weight excluding hydrogens is 188 g/mol. The summed E-state index contributed by atoms with van der Waals surface area (Å²) >= 11 is 0. The molecule has 2 N–H and O–H groups in total. The highest BCUT2D eigenvalue weighted by Crippen LogP contribution is 2.43. The summed E-state index contributed by atoms with van der Waals surface area (Å²) in [6.07, 6.45) is 0.807. The summed E-state index contributed by atoms with van der Waals surface area (Å²) in [4.78, 5) is 0. The van der Waals surface area contributed by atoms with E-state index in [0.717, 1.165) is 12.5 Å². The predicted octanol–water partition coefficient (Wildman–Crippen LogP) is 1.79. The zero-order chi connectivity index (χ0) is 10.3. The van der Waals surface area contributed by atoms with Crippen molar-refractivity contribution in [2.45, 2.75) is 18.4 Å². The van der Waals surface area contributed by atoms with Crippen LogP contribution in [0.2, 0.25) is 0 Å². The van der Waals surface area contributed by atoms with Crippen LogP contribution >= 0.6 is 0 Å². The Labute approximate surface area is 80.7 Å². The largest absolute Gasteiger partial charge is 0.496 e. The number of ether oxygens (including phenoxy) is 1. The fraction of sp³-hybridized carbons (Fsp3) is 0.400. The van der Waals surface area contributed by atoms with Gasteiger partial charge in [-0.2, -0.15) is 0 Å². The lowest BCUT2D eigenvalue weighted by molar-refractivity contribution is 0.400. The molecule has 2 nitrogen and oxygen atoms in total. The van der Waals surface area contributed by atoms with E-state index in [4.69, 9.17) is 10.5 Å². The average Bonchev–Trinajstić information content (AvgIpc) is 2.87. The molecule has 1 aliphatic carbocycles. The van der Waals surface area contributed by atoms with E-state index in [-0.39, 0.29) is 12.0 Å². The minimum Gasteiger partial charge on any atom is -0.496 e. The van der Waals surface area contributed by atoms with Gasteiger partial charge in [-0.1, -0.05) is 0 Å². The standard InChI is InChI=1S/C10H11F2NO/c1-14-10-4-8(12)7(11)2-6(10)5-3-9(5)13/h2,4-5,9H,3,13H2,1H3. The molecule has 1 saturated carbocycles. The highest BCUT2D eigenvalue weighted by molar-refractivity contribution is 5.41. The zero-order valence-electron chi connectivity index (χ0n) is 7.76. The van der Waals surface area contributed by atoms with Gasteiger partial charge in [0.05, 0.1) is 7.11 Å². The van der Waals surface area contributed by atoms with Crippen molar-refractivity contribution in [1.82, 2.24) is 0 Å². The number of hydrogen-bond donors (Lipinski definition) is 1. The summed E-state index contributed by atoms with van der Waals surface area (Å²) in [5, 5.41) is 0. The fourth-order valence-corrected chi connectivity index (χ4v) is 1.58. The molecule has 76 valence electrons. The van der Waals surface area contributed by atoms with Crippen LogP contribution < -0.4 is 10.5 Å². The van der Waals surface area contributed by atoms with Gasteiger partial charge in [-0.3, -0.25) is 0 Å². The van der Waals surface area contributed by atoms with Crippen LogP contribution in [0, 0.1) is 11.6 Å². The summed E-state index contributed by atoms with van der Waals surface area (Å²) in [6.45, 7) is 0. The molecule has 0 spiro atoms. The van der Waals surface area contributed by atoms with Gasteiger partial charge in [0.2, 0.25) is 0 Å². The van der Waals surface area contributed by atoms with E-state index in [1.165, 1.54) is 13.2 Å². The summed E-state index contributed by atoms with van der Waals surface area (Å²) in [5.74, 6) is -1.25. The normalized spacial score (nSPS) is 24.9. The third-order valence-electron chi connectivity index (χ3n) is 2.51. The summed E-state index contributed by atoms with van der Waals surface area (Å²) < 4.78 is 30.7. The molecule has 2 rings (SSSR count). The first-order valence-electron chi connectivity index (χ1n) is 4.42. The Kier molecular flexibility index (Phi) is 2.15. The van der Waals surface area contributed by atoms with E-state index in [0.29, 0.717) is 11.3 Å². The molecule has 2 atom stereocenters. The minimum atomic E-state index is -0.889. The van der Waals surface area contributed by atoms with Gasteiger partial charge in [0.15, 0.2) is 11.6 Å². The third kappa shape index (κ3) is 1.46. The van der Waals surface area contributed by atoms with Gasteiger partial charge in [0.1, 0.15) is 5.75 Å². The van der Waals surface area contributed by atoms with Crippen molar-refractivity contribution in [1.29, 1.82) is 0 Å². The van der Waals surface area contributed by atoms with E-state index in [1.54, 1.807) is 0 Å². The predicted molar refractivity (Wildman–Crippen MR) is 48.2 cm³/mol. The second kappa shape index (κ2) is 3.20. The second-order valence-electron chi connectivity index (χ2n) is 3.51. The van der Waals surface area contributed by atoms with Crippen molar-refractivity contribution in [3.8, 4) is 5.75 Å². The summed E-state index contributed by atoms with van der Waals surface area (Å²) in [7, 11) is 1.43. The Bertz CT molecular complexity index is 367. The molecule has 0 heterocycles. The van der Waals surface area contributed by atoms with Crippen LogP contribution in [-0.4, -0.2) is 13.2 Å². The number of halogens is 2. The number of methoxy groups -OCH3 is 1. The minimum absolute atomic E-state index is 0.0498. The van der Waals surface area contributed by atoms with Gasteiger partial charge in [0, 0.05) is 23.6 Å². The van der Waals surface area contributed by atoms with Crippen molar-refractivity contribution in [3.63, 3.8) is 0 Å². The first-order valence-corrected chi connectivity index (χ1v) is 4.42. The molecule has 0 radical (unpaired) electrons. The van der Waals surface area contributed by atoms with Crippen molar-refractivity contribution in [3.05, 3.63) is 29.3 Å². The lowest BCUT2D eigenvalue weighted by Crippen LogP contribution is -2.03. The fourth-order valence-electron chi connectivity index (χ4n) is 1.58. The Morgan fingerprint density at radius 1 is 1.36 bits per heavy atom. The molecule has 0 aromatic heterocycles. The molecule has 1 aromatic rings. The van der Waals surface area contributed by atoms with Crippen LogP contribution in [0.5, 0.6) is 5.75 Å². The summed E-state index contributed by atoms with van der Waals surface area (Å²) in [5.41, 5.74) is 6.30. The third-order valence-corrected chi connectivity index (χ3v) is 2.51. The van der Waals surface area contributed by atoms with Crippen LogP contribution in [0.4, 0.5) is 8.78 Å². The average molecular weight is 199 g/mol. The van der Waals surface area contributed by atoms with E-state index < -0.39 is 11.6 Å². The van der Waals surface area contributed by atoms with Gasteiger partial charge >= 0.3 is 0 Å². The van der Waals surface area contributed by atoms with Crippen molar-refractivity contribution < 1.29 is 13.5 Å².